The zero-order chi connectivity index (χ0) is 13.7. The normalized spacial score (nSPS) is 16.5. The summed E-state index contributed by atoms with van der Waals surface area (Å²) in [6.45, 7) is 3.69. The van der Waals surface area contributed by atoms with E-state index in [0.29, 0.717) is 26.2 Å². The lowest BCUT2D eigenvalue weighted by Gasteiger charge is -2.26. The number of ether oxygens (including phenoxy) is 1. The van der Waals surface area contributed by atoms with Crippen LogP contribution in [-0.2, 0) is 17.7 Å². The molecule has 1 aromatic rings. The molecule has 2 rings (SSSR count). The number of benzene rings is 1. The number of alkyl halides is 1. The molecule has 1 saturated heterocycles. The number of hydrogen-bond acceptors (Lipinski definition) is 4. The van der Waals surface area contributed by atoms with E-state index in [1.54, 1.807) is 0 Å². The Morgan fingerprint density at radius 2 is 2.00 bits per heavy atom. The van der Waals surface area contributed by atoms with Crippen molar-refractivity contribution >= 4 is 21.6 Å². The second-order valence-electron chi connectivity index (χ2n) is 4.51. The number of morpholine rings is 1. The molecule has 0 unspecified atom stereocenters. The Kier molecular flexibility index (Phi) is 5.30. The first-order valence-electron chi connectivity index (χ1n) is 6.33. The quantitative estimate of drug-likeness (QED) is 0.473. The summed E-state index contributed by atoms with van der Waals surface area (Å²) in [7, 11) is 0. The second-order valence-corrected chi connectivity index (χ2v) is 5.30. The van der Waals surface area contributed by atoms with Crippen LogP contribution >= 0.6 is 15.9 Å². The highest BCUT2D eigenvalue weighted by Gasteiger charge is 2.21. The van der Waals surface area contributed by atoms with Crippen LogP contribution in [0.2, 0.25) is 0 Å². The molecule has 0 amide bonds. The third kappa shape index (κ3) is 3.75. The van der Waals surface area contributed by atoms with Gasteiger partial charge in [0.2, 0.25) is 0 Å². The van der Waals surface area contributed by atoms with E-state index in [1.807, 2.05) is 18.2 Å². The monoisotopic (exact) mass is 328 g/mol. The molecule has 1 heterocycles. The van der Waals surface area contributed by atoms with E-state index in [4.69, 9.17) is 4.74 Å². The summed E-state index contributed by atoms with van der Waals surface area (Å²) in [5.41, 5.74) is 1.87. The predicted molar refractivity (Wildman–Crippen MR) is 76.7 cm³/mol. The molecule has 1 fully saturated rings. The van der Waals surface area contributed by atoms with Crippen LogP contribution in [0.3, 0.4) is 0 Å². The highest BCUT2D eigenvalue weighted by molar-refractivity contribution is 9.09. The molecule has 0 N–H and O–H groups in total. The van der Waals surface area contributed by atoms with E-state index >= 15 is 0 Å². The zero-order valence-electron chi connectivity index (χ0n) is 10.7. The number of rotatable bonds is 5. The fraction of sp³-hybridized carbons (Fsp3) is 0.538. The lowest BCUT2D eigenvalue weighted by molar-refractivity contribution is -0.386. The van der Waals surface area contributed by atoms with Gasteiger partial charge in [-0.2, -0.15) is 0 Å². The van der Waals surface area contributed by atoms with Gasteiger partial charge in [0.1, 0.15) is 0 Å². The molecule has 0 radical (unpaired) electrons. The fourth-order valence-electron chi connectivity index (χ4n) is 2.31. The Balaban J connectivity index is 2.22. The van der Waals surface area contributed by atoms with Gasteiger partial charge in [-0.25, -0.2) is 0 Å². The van der Waals surface area contributed by atoms with Gasteiger partial charge < -0.3 is 4.74 Å². The van der Waals surface area contributed by atoms with Crippen molar-refractivity contribution in [2.45, 2.75) is 13.0 Å². The van der Waals surface area contributed by atoms with Gasteiger partial charge in [-0.1, -0.05) is 34.1 Å². The summed E-state index contributed by atoms with van der Waals surface area (Å²) in [5, 5.41) is 12.0. The highest BCUT2D eigenvalue weighted by Crippen LogP contribution is 2.26. The minimum absolute atomic E-state index is 0.256. The van der Waals surface area contributed by atoms with E-state index in [1.165, 1.54) is 0 Å². The minimum atomic E-state index is -0.256. The molecule has 0 saturated carbocycles. The van der Waals surface area contributed by atoms with Crippen LogP contribution in [-0.4, -0.2) is 41.5 Å². The van der Waals surface area contributed by atoms with Crippen LogP contribution in [0.15, 0.2) is 18.2 Å². The molecule has 1 aliphatic rings. The molecule has 0 bridgehead atoms. The summed E-state index contributed by atoms with van der Waals surface area (Å²) in [6.07, 6.45) is 0.674. The molecule has 0 spiro atoms. The lowest BCUT2D eigenvalue weighted by atomic mass is 10.0. The van der Waals surface area contributed by atoms with E-state index in [-0.39, 0.29) is 10.6 Å². The third-order valence-corrected chi connectivity index (χ3v) is 3.64. The van der Waals surface area contributed by atoms with Gasteiger partial charge in [-0.15, -0.1) is 0 Å². The van der Waals surface area contributed by atoms with Crippen molar-refractivity contribution in [2.24, 2.45) is 0 Å². The number of aryl methyl sites for hydroxylation is 1. The van der Waals surface area contributed by atoms with E-state index < -0.39 is 0 Å². The molecule has 0 atom stereocenters. The van der Waals surface area contributed by atoms with Crippen molar-refractivity contribution in [2.75, 3.05) is 31.6 Å². The van der Waals surface area contributed by atoms with Crippen molar-refractivity contribution < 1.29 is 9.66 Å². The van der Waals surface area contributed by atoms with Gasteiger partial charge in [0.25, 0.3) is 5.69 Å². The van der Waals surface area contributed by atoms with Crippen molar-refractivity contribution in [1.29, 1.82) is 0 Å². The van der Waals surface area contributed by atoms with Gasteiger partial charge in [0.15, 0.2) is 0 Å². The number of hydrogen-bond donors (Lipinski definition) is 0. The van der Waals surface area contributed by atoms with Crippen LogP contribution < -0.4 is 0 Å². The molecule has 1 aliphatic heterocycles. The van der Waals surface area contributed by atoms with Crippen LogP contribution in [0.1, 0.15) is 11.1 Å². The fourth-order valence-corrected chi connectivity index (χ4v) is 2.74. The lowest BCUT2D eigenvalue weighted by Crippen LogP contribution is -2.35. The average molecular weight is 329 g/mol. The number of para-hydroxylation sites is 1. The van der Waals surface area contributed by atoms with Gasteiger partial charge in [-0.3, -0.25) is 15.0 Å². The zero-order valence-corrected chi connectivity index (χ0v) is 12.3. The van der Waals surface area contributed by atoms with Crippen molar-refractivity contribution in [3.8, 4) is 0 Å². The second kappa shape index (κ2) is 6.98. The molecular weight excluding hydrogens is 312 g/mol. The Bertz CT molecular complexity index is 448. The van der Waals surface area contributed by atoms with E-state index in [0.717, 1.165) is 29.5 Å². The largest absolute Gasteiger partial charge is 0.379 e. The molecule has 6 heteroatoms. The molecule has 19 heavy (non-hydrogen) atoms. The topological polar surface area (TPSA) is 55.6 Å². The standard InChI is InChI=1S/C13H17BrN2O3/c14-5-4-11-2-1-3-12(13(11)16(17)18)10-15-6-8-19-9-7-15/h1-3H,4-10H2. The maximum atomic E-state index is 11.3. The Labute approximate surface area is 120 Å². The molecule has 0 aromatic heterocycles. The van der Waals surface area contributed by atoms with Crippen LogP contribution in [0, 0.1) is 10.1 Å². The summed E-state index contributed by atoms with van der Waals surface area (Å²) >= 11 is 3.34. The van der Waals surface area contributed by atoms with E-state index in [9.17, 15) is 10.1 Å². The maximum absolute atomic E-state index is 11.3. The molecule has 5 nitrogen and oxygen atoms in total. The average Bonchev–Trinajstić information content (AvgIpc) is 2.40. The SMILES string of the molecule is O=[N+]([O-])c1c(CCBr)cccc1CN1CCOCC1. The first-order chi connectivity index (χ1) is 9.22. The minimum Gasteiger partial charge on any atom is -0.379 e. The summed E-state index contributed by atoms with van der Waals surface area (Å²) < 4.78 is 5.30. The van der Waals surface area contributed by atoms with Gasteiger partial charge in [0, 0.05) is 36.1 Å². The summed E-state index contributed by atoms with van der Waals surface area (Å²) in [4.78, 5) is 13.2. The first kappa shape index (κ1) is 14.4. The Morgan fingerprint density at radius 1 is 1.32 bits per heavy atom. The Hall–Kier alpha value is -0.980. The number of nitrogens with zero attached hydrogens (tertiary/aromatic N) is 2. The predicted octanol–water partition coefficient (Wildman–Crippen LogP) is 2.36. The van der Waals surface area contributed by atoms with Gasteiger partial charge >= 0.3 is 0 Å². The van der Waals surface area contributed by atoms with E-state index in [2.05, 4.69) is 20.8 Å². The molecule has 1 aromatic carbocycles. The maximum Gasteiger partial charge on any atom is 0.277 e. The molecule has 0 aliphatic carbocycles. The van der Waals surface area contributed by atoms with Crippen LogP contribution in [0.5, 0.6) is 0 Å². The molecular formula is C13H17BrN2O3. The van der Waals surface area contributed by atoms with Crippen molar-refractivity contribution in [3.05, 3.63) is 39.4 Å². The third-order valence-electron chi connectivity index (χ3n) is 3.25. The summed E-state index contributed by atoms with van der Waals surface area (Å²) in [6, 6.07) is 5.59. The number of halogens is 1. The van der Waals surface area contributed by atoms with Gasteiger partial charge in [0.05, 0.1) is 18.1 Å². The van der Waals surface area contributed by atoms with Crippen molar-refractivity contribution in [1.82, 2.24) is 4.90 Å². The summed E-state index contributed by atoms with van der Waals surface area (Å²) in [5.74, 6) is 0. The smallest absolute Gasteiger partial charge is 0.277 e. The van der Waals surface area contributed by atoms with Gasteiger partial charge in [-0.05, 0) is 6.42 Å². The Morgan fingerprint density at radius 3 is 2.63 bits per heavy atom. The number of nitro benzene ring substituents is 1. The first-order valence-corrected chi connectivity index (χ1v) is 7.45. The van der Waals surface area contributed by atoms with Crippen LogP contribution in [0.25, 0.3) is 0 Å². The molecule has 104 valence electrons. The number of nitro groups is 1. The van der Waals surface area contributed by atoms with Crippen LogP contribution in [0.4, 0.5) is 5.69 Å². The van der Waals surface area contributed by atoms with Crippen molar-refractivity contribution in [3.63, 3.8) is 0 Å². The highest BCUT2D eigenvalue weighted by atomic mass is 79.9.